The molecular weight excluding hydrogens is 320 g/mol. The first-order valence-corrected chi connectivity index (χ1v) is 6.88. The van der Waals surface area contributed by atoms with Crippen LogP contribution in [0.2, 0.25) is 0 Å². The van der Waals surface area contributed by atoms with Crippen LogP contribution in [0.15, 0.2) is 53.3 Å². The molecule has 1 unspecified atom stereocenters. The average molecular weight is 335 g/mol. The number of methoxy groups -OCH3 is 1. The van der Waals surface area contributed by atoms with Crippen molar-refractivity contribution in [1.82, 2.24) is 4.98 Å². The minimum absolute atomic E-state index is 0.358. The molecule has 2 aromatic rings. The van der Waals surface area contributed by atoms with Crippen molar-refractivity contribution >= 4 is 27.6 Å². The molecule has 5 heteroatoms. The molecule has 2 rings (SSSR count). The Labute approximate surface area is 126 Å². The van der Waals surface area contributed by atoms with Crippen molar-refractivity contribution in [1.29, 1.82) is 0 Å². The van der Waals surface area contributed by atoms with Crippen molar-refractivity contribution in [2.45, 2.75) is 12.5 Å². The van der Waals surface area contributed by atoms with Gasteiger partial charge in [0.2, 0.25) is 0 Å². The lowest BCUT2D eigenvalue weighted by molar-refractivity contribution is -0.145. The van der Waals surface area contributed by atoms with Crippen LogP contribution in [0.25, 0.3) is 0 Å². The summed E-state index contributed by atoms with van der Waals surface area (Å²) in [6.45, 7) is 1.79. The molecule has 4 nitrogen and oxygen atoms in total. The Bertz CT molecular complexity index is 604. The van der Waals surface area contributed by atoms with Gasteiger partial charge in [0.05, 0.1) is 7.11 Å². The predicted molar refractivity (Wildman–Crippen MR) is 81.4 cm³/mol. The summed E-state index contributed by atoms with van der Waals surface area (Å²) in [4.78, 5) is 16.2. The summed E-state index contributed by atoms with van der Waals surface area (Å²) in [5, 5.41) is 3.23. The molecule has 20 heavy (non-hydrogen) atoms. The van der Waals surface area contributed by atoms with Gasteiger partial charge in [-0.15, -0.1) is 0 Å². The van der Waals surface area contributed by atoms with Crippen molar-refractivity contribution < 1.29 is 9.53 Å². The summed E-state index contributed by atoms with van der Waals surface area (Å²) in [6, 6.07) is 11.2. The molecule has 104 valence electrons. The van der Waals surface area contributed by atoms with E-state index >= 15 is 0 Å². The zero-order chi connectivity index (χ0) is 14.6. The molecule has 0 saturated heterocycles. The molecule has 0 aliphatic heterocycles. The SMILES string of the molecule is COC(=O)C(C)(Nc1cccc(Br)c1)c1ccncc1. The zero-order valence-corrected chi connectivity index (χ0v) is 12.8. The van der Waals surface area contributed by atoms with Crippen LogP contribution in [-0.4, -0.2) is 18.1 Å². The summed E-state index contributed by atoms with van der Waals surface area (Å²) in [7, 11) is 1.38. The highest BCUT2D eigenvalue weighted by molar-refractivity contribution is 9.10. The monoisotopic (exact) mass is 334 g/mol. The van der Waals surface area contributed by atoms with Gasteiger partial charge in [0.1, 0.15) is 0 Å². The van der Waals surface area contributed by atoms with Gasteiger partial charge in [-0.25, -0.2) is 4.79 Å². The number of aromatic nitrogens is 1. The molecule has 0 saturated carbocycles. The Morgan fingerprint density at radius 3 is 2.60 bits per heavy atom. The second-order valence-electron chi connectivity index (χ2n) is 4.49. The second kappa shape index (κ2) is 6.05. The van der Waals surface area contributed by atoms with Crippen LogP contribution >= 0.6 is 15.9 Å². The Hall–Kier alpha value is -1.88. The molecule has 1 aromatic heterocycles. The number of hydrogen-bond donors (Lipinski definition) is 1. The smallest absolute Gasteiger partial charge is 0.335 e. The van der Waals surface area contributed by atoms with E-state index in [1.807, 2.05) is 24.3 Å². The fraction of sp³-hybridized carbons (Fsp3) is 0.200. The van der Waals surface area contributed by atoms with E-state index in [2.05, 4.69) is 26.2 Å². The number of pyridine rings is 1. The molecule has 0 bridgehead atoms. The Kier molecular flexibility index (Phi) is 4.39. The maximum atomic E-state index is 12.2. The fourth-order valence-corrected chi connectivity index (χ4v) is 2.38. The van der Waals surface area contributed by atoms with Crippen LogP contribution in [0.5, 0.6) is 0 Å². The number of ether oxygens (including phenoxy) is 1. The number of carbonyl (C=O) groups excluding carboxylic acids is 1. The average Bonchev–Trinajstić information content (AvgIpc) is 2.47. The number of anilines is 1. The maximum Gasteiger partial charge on any atom is 0.335 e. The second-order valence-corrected chi connectivity index (χ2v) is 5.40. The minimum atomic E-state index is -0.974. The van der Waals surface area contributed by atoms with Crippen molar-refractivity contribution in [3.63, 3.8) is 0 Å². The van der Waals surface area contributed by atoms with E-state index in [0.29, 0.717) is 0 Å². The molecule has 1 atom stereocenters. The fourth-order valence-electron chi connectivity index (χ4n) is 1.99. The molecular formula is C15H15BrN2O2. The first-order valence-electron chi connectivity index (χ1n) is 6.09. The van der Waals surface area contributed by atoms with Crippen LogP contribution < -0.4 is 5.32 Å². The standard InChI is InChI=1S/C15H15BrN2O2/c1-15(14(19)20-2,11-6-8-17-9-7-11)18-13-5-3-4-12(16)10-13/h3-10,18H,1-2H3. The van der Waals surface area contributed by atoms with Gasteiger partial charge < -0.3 is 10.1 Å². The van der Waals surface area contributed by atoms with Crippen LogP contribution in [0, 0.1) is 0 Å². The Morgan fingerprint density at radius 1 is 1.30 bits per heavy atom. The number of nitrogens with zero attached hydrogens (tertiary/aromatic N) is 1. The molecule has 0 amide bonds. The highest BCUT2D eigenvalue weighted by Crippen LogP contribution is 2.28. The lowest BCUT2D eigenvalue weighted by atomic mass is 9.92. The van der Waals surface area contributed by atoms with Gasteiger partial charge in [0.15, 0.2) is 5.54 Å². The van der Waals surface area contributed by atoms with Crippen LogP contribution in [0.4, 0.5) is 5.69 Å². The molecule has 1 aromatic carbocycles. The van der Waals surface area contributed by atoms with E-state index in [0.717, 1.165) is 15.7 Å². The van der Waals surface area contributed by atoms with E-state index in [1.165, 1.54) is 7.11 Å². The van der Waals surface area contributed by atoms with Gasteiger partial charge in [-0.1, -0.05) is 22.0 Å². The number of rotatable bonds is 4. The van der Waals surface area contributed by atoms with E-state index in [1.54, 1.807) is 31.5 Å². The van der Waals surface area contributed by atoms with Gasteiger partial charge in [-0.3, -0.25) is 4.98 Å². The van der Waals surface area contributed by atoms with Crippen LogP contribution in [0.1, 0.15) is 12.5 Å². The number of benzene rings is 1. The third-order valence-electron chi connectivity index (χ3n) is 3.07. The number of halogens is 1. The molecule has 0 radical (unpaired) electrons. The van der Waals surface area contributed by atoms with Crippen molar-refractivity contribution in [3.8, 4) is 0 Å². The summed E-state index contributed by atoms with van der Waals surface area (Å²) < 4.78 is 5.87. The largest absolute Gasteiger partial charge is 0.467 e. The highest BCUT2D eigenvalue weighted by atomic mass is 79.9. The summed E-state index contributed by atoms with van der Waals surface area (Å²) >= 11 is 3.41. The summed E-state index contributed by atoms with van der Waals surface area (Å²) in [5.41, 5.74) is 0.641. The van der Waals surface area contributed by atoms with E-state index in [-0.39, 0.29) is 5.97 Å². The Balaban J connectivity index is 2.41. The van der Waals surface area contributed by atoms with Gasteiger partial charge >= 0.3 is 5.97 Å². The lowest BCUT2D eigenvalue weighted by Crippen LogP contribution is -2.41. The molecule has 0 aliphatic carbocycles. The maximum absolute atomic E-state index is 12.2. The number of hydrogen-bond acceptors (Lipinski definition) is 4. The minimum Gasteiger partial charge on any atom is -0.467 e. The molecule has 0 aliphatic rings. The molecule has 1 N–H and O–H groups in total. The van der Waals surface area contributed by atoms with E-state index < -0.39 is 5.54 Å². The summed E-state index contributed by atoms with van der Waals surface area (Å²) in [6.07, 6.45) is 3.30. The van der Waals surface area contributed by atoms with Crippen molar-refractivity contribution in [2.24, 2.45) is 0 Å². The van der Waals surface area contributed by atoms with Gasteiger partial charge in [-0.2, -0.15) is 0 Å². The highest BCUT2D eigenvalue weighted by Gasteiger charge is 2.36. The quantitative estimate of drug-likeness (QED) is 0.871. The third-order valence-corrected chi connectivity index (χ3v) is 3.56. The van der Waals surface area contributed by atoms with Gasteiger partial charge in [0, 0.05) is 22.6 Å². The zero-order valence-electron chi connectivity index (χ0n) is 11.3. The lowest BCUT2D eigenvalue weighted by Gasteiger charge is -2.29. The summed E-state index contributed by atoms with van der Waals surface area (Å²) in [5.74, 6) is -0.358. The molecule has 0 spiro atoms. The topological polar surface area (TPSA) is 51.2 Å². The molecule has 0 fully saturated rings. The van der Waals surface area contributed by atoms with E-state index in [4.69, 9.17) is 4.74 Å². The van der Waals surface area contributed by atoms with Crippen LogP contribution in [0.3, 0.4) is 0 Å². The first kappa shape index (κ1) is 14.5. The van der Waals surface area contributed by atoms with Crippen LogP contribution in [-0.2, 0) is 15.1 Å². The van der Waals surface area contributed by atoms with Gasteiger partial charge in [-0.05, 0) is 42.8 Å². The van der Waals surface area contributed by atoms with Crippen molar-refractivity contribution in [2.75, 3.05) is 12.4 Å². The number of esters is 1. The number of nitrogens with one attached hydrogen (secondary N) is 1. The first-order chi connectivity index (χ1) is 9.56. The predicted octanol–water partition coefficient (Wildman–Crippen LogP) is 3.34. The normalized spacial score (nSPS) is 13.3. The Morgan fingerprint density at radius 2 is 2.00 bits per heavy atom. The van der Waals surface area contributed by atoms with Gasteiger partial charge in [0.25, 0.3) is 0 Å². The number of carbonyl (C=O) groups is 1. The van der Waals surface area contributed by atoms with E-state index in [9.17, 15) is 4.79 Å². The molecule has 1 heterocycles. The third kappa shape index (κ3) is 2.99. The van der Waals surface area contributed by atoms with Crippen molar-refractivity contribution in [3.05, 3.63) is 58.8 Å².